The molecular formula is C13H22N4. The Kier molecular flexibility index (Phi) is 2.62. The average molecular weight is 234 g/mol. The highest BCUT2D eigenvalue weighted by molar-refractivity contribution is 5.49. The SMILES string of the molecule is Cn1cc(CN)c(N2CC3(CCCCC3)C2)n1. The second-order valence-corrected chi connectivity index (χ2v) is 5.77. The third-order valence-electron chi connectivity index (χ3n) is 4.37. The molecule has 0 unspecified atom stereocenters. The molecule has 0 atom stereocenters. The van der Waals surface area contributed by atoms with Crippen LogP contribution in [0.2, 0.25) is 0 Å². The number of aromatic nitrogens is 2. The maximum atomic E-state index is 5.77. The molecule has 1 saturated heterocycles. The molecule has 2 heterocycles. The zero-order valence-electron chi connectivity index (χ0n) is 10.7. The van der Waals surface area contributed by atoms with E-state index in [0.717, 1.165) is 5.82 Å². The largest absolute Gasteiger partial charge is 0.354 e. The molecule has 1 aromatic heterocycles. The second-order valence-electron chi connectivity index (χ2n) is 5.77. The standard InChI is InChI=1S/C13H22N4/c1-16-8-11(7-14)12(15-16)17-9-13(10-17)5-3-2-4-6-13/h8H,2-7,9-10,14H2,1H3. The quantitative estimate of drug-likeness (QED) is 0.846. The van der Waals surface area contributed by atoms with E-state index in [1.807, 2.05) is 17.9 Å². The van der Waals surface area contributed by atoms with Gasteiger partial charge >= 0.3 is 0 Å². The molecule has 0 radical (unpaired) electrons. The first-order valence-electron chi connectivity index (χ1n) is 6.70. The van der Waals surface area contributed by atoms with Crippen molar-refractivity contribution in [2.75, 3.05) is 18.0 Å². The molecule has 0 bridgehead atoms. The number of nitrogens with two attached hydrogens (primary N) is 1. The van der Waals surface area contributed by atoms with Crippen molar-refractivity contribution in [2.24, 2.45) is 18.2 Å². The fourth-order valence-electron chi connectivity index (χ4n) is 3.47. The fraction of sp³-hybridized carbons (Fsp3) is 0.769. The lowest BCUT2D eigenvalue weighted by atomic mass is 9.68. The molecular weight excluding hydrogens is 212 g/mol. The first kappa shape index (κ1) is 11.1. The Morgan fingerprint density at radius 3 is 2.65 bits per heavy atom. The molecule has 1 aliphatic heterocycles. The first-order valence-corrected chi connectivity index (χ1v) is 6.70. The van der Waals surface area contributed by atoms with Crippen molar-refractivity contribution in [3.63, 3.8) is 0 Å². The van der Waals surface area contributed by atoms with Gasteiger partial charge in [-0.2, -0.15) is 5.10 Å². The van der Waals surface area contributed by atoms with Crippen LogP contribution in [-0.4, -0.2) is 22.9 Å². The number of nitrogens with zero attached hydrogens (tertiary/aromatic N) is 3. The van der Waals surface area contributed by atoms with E-state index in [1.165, 1.54) is 50.8 Å². The lowest BCUT2D eigenvalue weighted by molar-refractivity contribution is 0.138. The Bertz CT molecular complexity index is 396. The highest BCUT2D eigenvalue weighted by Crippen LogP contribution is 2.45. The van der Waals surface area contributed by atoms with Gasteiger partial charge in [-0.15, -0.1) is 0 Å². The van der Waals surface area contributed by atoms with Gasteiger partial charge in [-0.3, -0.25) is 4.68 Å². The smallest absolute Gasteiger partial charge is 0.155 e. The summed E-state index contributed by atoms with van der Waals surface area (Å²) in [5, 5.41) is 4.54. The second kappa shape index (κ2) is 4.02. The molecule has 0 amide bonds. The number of hydrogen-bond acceptors (Lipinski definition) is 3. The van der Waals surface area contributed by atoms with Gasteiger partial charge in [0.15, 0.2) is 5.82 Å². The van der Waals surface area contributed by atoms with E-state index in [1.54, 1.807) is 0 Å². The molecule has 1 spiro atoms. The molecule has 1 aliphatic carbocycles. The fourth-order valence-corrected chi connectivity index (χ4v) is 3.47. The van der Waals surface area contributed by atoms with E-state index in [4.69, 9.17) is 5.73 Å². The van der Waals surface area contributed by atoms with Gasteiger partial charge < -0.3 is 10.6 Å². The van der Waals surface area contributed by atoms with Crippen molar-refractivity contribution in [1.82, 2.24) is 9.78 Å². The van der Waals surface area contributed by atoms with Crippen molar-refractivity contribution in [3.8, 4) is 0 Å². The van der Waals surface area contributed by atoms with E-state index in [9.17, 15) is 0 Å². The summed E-state index contributed by atoms with van der Waals surface area (Å²) in [5.41, 5.74) is 7.56. The molecule has 94 valence electrons. The summed E-state index contributed by atoms with van der Waals surface area (Å²) in [5.74, 6) is 1.12. The Morgan fingerprint density at radius 1 is 1.29 bits per heavy atom. The molecule has 4 heteroatoms. The van der Waals surface area contributed by atoms with Gasteiger partial charge in [0, 0.05) is 43.9 Å². The number of aryl methyl sites for hydroxylation is 1. The summed E-state index contributed by atoms with van der Waals surface area (Å²) < 4.78 is 1.88. The van der Waals surface area contributed by atoms with Gasteiger partial charge in [0.1, 0.15) is 0 Å². The van der Waals surface area contributed by atoms with Crippen LogP contribution in [0.25, 0.3) is 0 Å². The van der Waals surface area contributed by atoms with E-state index in [-0.39, 0.29) is 0 Å². The minimum Gasteiger partial charge on any atom is -0.354 e. The zero-order chi connectivity index (χ0) is 11.9. The molecule has 1 aromatic rings. The molecule has 3 rings (SSSR count). The van der Waals surface area contributed by atoms with Crippen molar-refractivity contribution >= 4 is 5.82 Å². The number of anilines is 1. The lowest BCUT2D eigenvalue weighted by Crippen LogP contribution is -2.57. The highest BCUT2D eigenvalue weighted by Gasteiger charge is 2.44. The Hall–Kier alpha value is -1.03. The van der Waals surface area contributed by atoms with Crippen LogP contribution >= 0.6 is 0 Å². The van der Waals surface area contributed by atoms with Gasteiger partial charge in [0.25, 0.3) is 0 Å². The number of hydrogen-bond donors (Lipinski definition) is 1. The van der Waals surface area contributed by atoms with Crippen molar-refractivity contribution in [3.05, 3.63) is 11.8 Å². The third-order valence-corrected chi connectivity index (χ3v) is 4.37. The summed E-state index contributed by atoms with van der Waals surface area (Å²) in [6.45, 7) is 2.97. The molecule has 2 N–H and O–H groups in total. The summed E-state index contributed by atoms with van der Waals surface area (Å²) >= 11 is 0. The Labute approximate surface area is 103 Å². The predicted octanol–water partition coefficient (Wildman–Crippen LogP) is 1.65. The molecule has 2 aliphatic rings. The summed E-state index contributed by atoms with van der Waals surface area (Å²) in [4.78, 5) is 2.41. The van der Waals surface area contributed by atoms with E-state index >= 15 is 0 Å². The average Bonchev–Trinajstić information content (AvgIpc) is 2.68. The van der Waals surface area contributed by atoms with E-state index in [0.29, 0.717) is 12.0 Å². The topological polar surface area (TPSA) is 47.1 Å². The van der Waals surface area contributed by atoms with Crippen molar-refractivity contribution in [2.45, 2.75) is 38.6 Å². The predicted molar refractivity (Wildman–Crippen MR) is 68.8 cm³/mol. The zero-order valence-corrected chi connectivity index (χ0v) is 10.7. The molecule has 0 aromatic carbocycles. The lowest BCUT2D eigenvalue weighted by Gasteiger charge is -2.53. The summed E-state index contributed by atoms with van der Waals surface area (Å²) in [7, 11) is 1.97. The maximum Gasteiger partial charge on any atom is 0.155 e. The molecule has 2 fully saturated rings. The summed E-state index contributed by atoms with van der Waals surface area (Å²) in [6, 6.07) is 0. The van der Waals surface area contributed by atoms with Crippen LogP contribution in [0.4, 0.5) is 5.82 Å². The van der Waals surface area contributed by atoms with Crippen LogP contribution in [-0.2, 0) is 13.6 Å². The monoisotopic (exact) mass is 234 g/mol. The Morgan fingerprint density at radius 2 is 2.00 bits per heavy atom. The minimum atomic E-state index is 0.590. The van der Waals surface area contributed by atoms with Gasteiger partial charge in [0.05, 0.1) is 0 Å². The van der Waals surface area contributed by atoms with Crippen LogP contribution in [0.1, 0.15) is 37.7 Å². The van der Waals surface area contributed by atoms with Crippen LogP contribution in [0, 0.1) is 5.41 Å². The van der Waals surface area contributed by atoms with Gasteiger partial charge in [-0.1, -0.05) is 19.3 Å². The van der Waals surface area contributed by atoms with E-state index in [2.05, 4.69) is 10.00 Å². The van der Waals surface area contributed by atoms with Gasteiger partial charge in [-0.25, -0.2) is 0 Å². The molecule has 4 nitrogen and oxygen atoms in total. The minimum absolute atomic E-state index is 0.590. The highest BCUT2D eigenvalue weighted by atomic mass is 15.4. The van der Waals surface area contributed by atoms with Crippen LogP contribution in [0.3, 0.4) is 0 Å². The maximum absolute atomic E-state index is 5.77. The normalized spacial score (nSPS) is 22.8. The van der Waals surface area contributed by atoms with E-state index < -0.39 is 0 Å². The summed E-state index contributed by atoms with van der Waals surface area (Å²) in [6.07, 6.45) is 9.13. The molecule has 1 saturated carbocycles. The van der Waals surface area contributed by atoms with Crippen LogP contribution in [0.5, 0.6) is 0 Å². The number of rotatable bonds is 2. The van der Waals surface area contributed by atoms with Gasteiger partial charge in [-0.05, 0) is 12.8 Å². The van der Waals surface area contributed by atoms with Crippen LogP contribution in [0.15, 0.2) is 6.20 Å². The third kappa shape index (κ3) is 1.84. The first-order chi connectivity index (χ1) is 8.22. The molecule has 17 heavy (non-hydrogen) atoms. The van der Waals surface area contributed by atoms with Crippen molar-refractivity contribution < 1.29 is 0 Å². The Balaban J connectivity index is 1.71. The van der Waals surface area contributed by atoms with Crippen molar-refractivity contribution in [1.29, 1.82) is 0 Å². The van der Waals surface area contributed by atoms with Crippen LogP contribution < -0.4 is 10.6 Å². The van der Waals surface area contributed by atoms with Gasteiger partial charge in [0.2, 0.25) is 0 Å².